The van der Waals surface area contributed by atoms with Crippen molar-refractivity contribution in [2.75, 3.05) is 0 Å². The molecule has 0 amide bonds. The fourth-order valence-electron chi connectivity index (χ4n) is 4.61. The first kappa shape index (κ1) is 21.1. The molecule has 0 bridgehead atoms. The molecular weight excluding hydrogens is 400 g/mol. The van der Waals surface area contributed by atoms with Crippen LogP contribution >= 0.6 is 0 Å². The monoisotopic (exact) mass is 430 g/mol. The molecule has 2 aromatic heterocycles. The summed E-state index contributed by atoms with van der Waals surface area (Å²) in [6.07, 6.45) is 17.1. The second-order valence-corrected chi connectivity index (χ2v) is 9.50. The molecule has 5 rings (SSSR count). The van der Waals surface area contributed by atoms with Crippen molar-refractivity contribution in [3.63, 3.8) is 0 Å². The summed E-state index contributed by atoms with van der Waals surface area (Å²) in [5.74, 6) is 0. The van der Waals surface area contributed by atoms with Crippen LogP contribution in [0.25, 0.3) is 35.4 Å². The highest BCUT2D eigenvalue weighted by molar-refractivity contribution is 5.84. The van der Waals surface area contributed by atoms with Crippen LogP contribution in [-0.4, -0.2) is 0 Å². The highest BCUT2D eigenvalue weighted by atomic mass is 14.9. The van der Waals surface area contributed by atoms with Crippen LogP contribution in [0.3, 0.4) is 0 Å². The molecule has 0 N–H and O–H groups in total. The smallest absolute Gasteiger partial charge is 0.169 e. The summed E-state index contributed by atoms with van der Waals surface area (Å²) >= 11 is 0. The van der Waals surface area contributed by atoms with Gasteiger partial charge in [0.2, 0.25) is 0 Å². The maximum absolute atomic E-state index is 2.36. The summed E-state index contributed by atoms with van der Waals surface area (Å²) in [6, 6.07) is 22.3. The maximum Gasteiger partial charge on any atom is 0.169 e. The number of aryl methyl sites for hydroxylation is 2. The highest BCUT2D eigenvalue weighted by Gasteiger charge is 2.35. The van der Waals surface area contributed by atoms with Gasteiger partial charge < -0.3 is 0 Å². The van der Waals surface area contributed by atoms with Gasteiger partial charge in [-0.2, -0.15) is 0 Å². The van der Waals surface area contributed by atoms with Gasteiger partial charge >= 0.3 is 0 Å². The first-order chi connectivity index (χ1) is 15.9. The van der Waals surface area contributed by atoms with Crippen molar-refractivity contribution in [2.24, 2.45) is 14.1 Å². The Bertz CT molecular complexity index is 1260. The molecule has 0 atom stereocenters. The lowest BCUT2D eigenvalue weighted by Gasteiger charge is -2.22. The highest BCUT2D eigenvalue weighted by Crippen LogP contribution is 2.49. The number of pyridine rings is 2. The first-order valence-electron chi connectivity index (χ1n) is 11.5. The van der Waals surface area contributed by atoms with Crippen molar-refractivity contribution in [3.8, 4) is 11.1 Å². The van der Waals surface area contributed by atoms with Crippen molar-refractivity contribution in [1.29, 1.82) is 0 Å². The SMILES string of the molecule is C[n+]1ccc(/C=C/c2ccc3c(c2)C(C)(C)c2cc(/C=C/c4cc[n+](C)cc4)ccc2-3)cc1. The largest absolute Gasteiger partial charge is 0.208 e. The predicted molar refractivity (Wildman–Crippen MR) is 137 cm³/mol. The van der Waals surface area contributed by atoms with Crippen molar-refractivity contribution in [1.82, 2.24) is 0 Å². The zero-order valence-corrected chi connectivity index (χ0v) is 19.8. The van der Waals surface area contributed by atoms with E-state index in [0.29, 0.717) is 0 Å². The Morgan fingerprint density at radius 3 is 1.27 bits per heavy atom. The van der Waals surface area contributed by atoms with Crippen LogP contribution in [0.15, 0.2) is 85.5 Å². The molecule has 2 aromatic carbocycles. The molecule has 33 heavy (non-hydrogen) atoms. The average Bonchev–Trinajstić information content (AvgIpc) is 3.04. The van der Waals surface area contributed by atoms with Gasteiger partial charge in [-0.1, -0.05) is 74.5 Å². The van der Waals surface area contributed by atoms with Gasteiger partial charge in [0.25, 0.3) is 0 Å². The Hall–Kier alpha value is -3.78. The minimum atomic E-state index is -0.0284. The predicted octanol–water partition coefficient (Wildman–Crippen LogP) is 5.98. The van der Waals surface area contributed by atoms with E-state index in [2.05, 4.69) is 133 Å². The molecule has 162 valence electrons. The molecule has 0 radical (unpaired) electrons. The maximum atomic E-state index is 2.36. The minimum absolute atomic E-state index is 0.0284. The minimum Gasteiger partial charge on any atom is -0.208 e. The number of aromatic nitrogens is 2. The number of hydrogen-bond donors (Lipinski definition) is 0. The van der Waals surface area contributed by atoms with E-state index in [-0.39, 0.29) is 5.41 Å². The van der Waals surface area contributed by atoms with Crippen LogP contribution < -0.4 is 9.13 Å². The molecule has 1 aliphatic rings. The van der Waals surface area contributed by atoms with Crippen LogP contribution in [0, 0.1) is 0 Å². The Kier molecular flexibility index (Phi) is 5.30. The Labute approximate surface area is 196 Å². The van der Waals surface area contributed by atoms with Gasteiger partial charge in [-0.05, 0) is 44.5 Å². The molecule has 0 saturated heterocycles. The third-order valence-electron chi connectivity index (χ3n) is 6.67. The van der Waals surface area contributed by atoms with Crippen molar-refractivity contribution < 1.29 is 9.13 Å². The van der Waals surface area contributed by atoms with E-state index in [1.54, 1.807) is 0 Å². The molecule has 0 saturated carbocycles. The molecule has 0 spiro atoms. The van der Waals surface area contributed by atoms with Crippen LogP contribution in [0.5, 0.6) is 0 Å². The van der Waals surface area contributed by atoms with E-state index in [1.165, 1.54) is 44.5 Å². The van der Waals surface area contributed by atoms with E-state index in [9.17, 15) is 0 Å². The van der Waals surface area contributed by atoms with Crippen molar-refractivity contribution in [3.05, 3.63) is 119 Å². The molecule has 1 aliphatic carbocycles. The van der Waals surface area contributed by atoms with E-state index in [0.717, 1.165) is 0 Å². The quantitative estimate of drug-likeness (QED) is 0.352. The number of fused-ring (bicyclic) bond motifs is 3. The average molecular weight is 431 g/mol. The summed E-state index contributed by atoms with van der Waals surface area (Å²) in [6.45, 7) is 4.68. The van der Waals surface area contributed by atoms with Gasteiger partial charge in [0.05, 0.1) is 0 Å². The van der Waals surface area contributed by atoms with Gasteiger partial charge in [0.15, 0.2) is 24.8 Å². The lowest BCUT2D eigenvalue weighted by atomic mass is 9.81. The summed E-state index contributed by atoms with van der Waals surface area (Å²) < 4.78 is 4.10. The van der Waals surface area contributed by atoms with E-state index in [1.807, 2.05) is 14.1 Å². The standard InChI is InChI=1S/C31H30N2/c1-31(2)29-21-25(7-5-23-13-17-32(3)18-14-23)9-11-27(29)28-12-10-26(22-30(28)31)8-6-24-15-19-33(4)20-16-24/h5-22H,1-4H3/q+2/b7-5+,8-6+. The fraction of sp³-hybridized carbons (Fsp3) is 0.161. The second kappa shape index (κ2) is 8.29. The summed E-state index contributed by atoms with van der Waals surface area (Å²) in [5, 5.41) is 0. The van der Waals surface area contributed by atoms with Gasteiger partial charge in [-0.3, -0.25) is 0 Å². The van der Waals surface area contributed by atoms with Crippen LogP contribution in [0.1, 0.15) is 47.2 Å². The number of hydrogen-bond acceptors (Lipinski definition) is 0. The topological polar surface area (TPSA) is 7.76 Å². The fourth-order valence-corrected chi connectivity index (χ4v) is 4.61. The number of rotatable bonds is 4. The van der Waals surface area contributed by atoms with Crippen molar-refractivity contribution >= 4 is 24.3 Å². The van der Waals surface area contributed by atoms with Crippen LogP contribution in [0.2, 0.25) is 0 Å². The third-order valence-corrected chi connectivity index (χ3v) is 6.67. The molecule has 2 heteroatoms. The second-order valence-electron chi connectivity index (χ2n) is 9.50. The molecule has 4 aromatic rings. The van der Waals surface area contributed by atoms with Crippen LogP contribution in [-0.2, 0) is 19.5 Å². The normalized spacial score (nSPS) is 14.1. The van der Waals surface area contributed by atoms with Gasteiger partial charge in [0.1, 0.15) is 14.1 Å². The number of nitrogens with zero attached hydrogens (tertiary/aromatic N) is 2. The first-order valence-corrected chi connectivity index (χ1v) is 11.5. The molecule has 0 unspecified atom stereocenters. The molecule has 2 heterocycles. The van der Waals surface area contributed by atoms with E-state index < -0.39 is 0 Å². The van der Waals surface area contributed by atoms with Crippen LogP contribution in [0.4, 0.5) is 0 Å². The Balaban J connectivity index is 1.44. The summed E-state index contributed by atoms with van der Waals surface area (Å²) in [5.41, 5.74) is 10.4. The Morgan fingerprint density at radius 2 is 0.879 bits per heavy atom. The Morgan fingerprint density at radius 1 is 0.515 bits per heavy atom. The lowest BCUT2D eigenvalue weighted by molar-refractivity contribution is -0.671. The molecule has 0 aliphatic heterocycles. The van der Waals surface area contributed by atoms with Crippen molar-refractivity contribution in [2.45, 2.75) is 19.3 Å². The molecule has 0 fully saturated rings. The molecular formula is C31H30N2+2. The molecule has 2 nitrogen and oxygen atoms in total. The zero-order valence-electron chi connectivity index (χ0n) is 19.8. The lowest BCUT2D eigenvalue weighted by Crippen LogP contribution is -2.25. The van der Waals surface area contributed by atoms with Gasteiger partial charge in [0, 0.05) is 29.7 Å². The van der Waals surface area contributed by atoms with E-state index >= 15 is 0 Å². The number of benzene rings is 2. The van der Waals surface area contributed by atoms with Gasteiger partial charge in [-0.25, -0.2) is 9.13 Å². The third kappa shape index (κ3) is 4.17. The summed E-state index contributed by atoms with van der Waals surface area (Å²) in [4.78, 5) is 0. The van der Waals surface area contributed by atoms with E-state index in [4.69, 9.17) is 0 Å². The zero-order chi connectivity index (χ0) is 23.0. The summed E-state index contributed by atoms with van der Waals surface area (Å²) in [7, 11) is 4.08. The van der Waals surface area contributed by atoms with Gasteiger partial charge in [-0.15, -0.1) is 0 Å².